The number of nitrogens with zero attached hydrogens (tertiary/aromatic N) is 3. The molecule has 1 saturated carbocycles. The number of nitrogens with one attached hydrogen (secondary N) is 1. The number of benzene rings is 1. The van der Waals surface area contributed by atoms with Crippen LogP contribution in [0.2, 0.25) is 0 Å². The molecule has 0 radical (unpaired) electrons. The van der Waals surface area contributed by atoms with Crippen molar-refractivity contribution < 1.29 is 23.2 Å². The average Bonchev–Trinajstić information content (AvgIpc) is 3.43. The summed E-state index contributed by atoms with van der Waals surface area (Å²) >= 11 is 0. The molecule has 1 aromatic carbocycles. The second-order valence-corrected chi connectivity index (χ2v) is 7.15. The Kier molecular flexibility index (Phi) is 4.45. The van der Waals surface area contributed by atoms with Gasteiger partial charge < -0.3 is 15.1 Å². The number of urea groups is 2. The molecule has 0 bridgehead atoms. The highest BCUT2D eigenvalue weighted by atomic mass is 19.1. The van der Waals surface area contributed by atoms with Crippen molar-refractivity contribution in [2.45, 2.75) is 37.8 Å². The zero-order chi connectivity index (χ0) is 19.1. The number of likely N-dealkylation sites (tertiary alicyclic amines) is 1. The predicted molar refractivity (Wildman–Crippen MR) is 91.9 cm³/mol. The number of hydrogen-bond donors (Lipinski definition) is 1. The second kappa shape index (κ2) is 6.79. The molecule has 27 heavy (non-hydrogen) atoms. The molecule has 2 heterocycles. The molecule has 0 aromatic heterocycles. The molecule has 2 aliphatic heterocycles. The Balaban J connectivity index is 1.34. The third kappa shape index (κ3) is 3.33. The molecule has 1 N–H and O–H groups in total. The van der Waals surface area contributed by atoms with E-state index >= 15 is 0 Å². The van der Waals surface area contributed by atoms with Crippen LogP contribution in [0.15, 0.2) is 18.2 Å². The van der Waals surface area contributed by atoms with Crippen LogP contribution in [0.1, 0.15) is 25.7 Å². The van der Waals surface area contributed by atoms with Gasteiger partial charge in [0.1, 0.15) is 23.9 Å². The average molecular weight is 378 g/mol. The molecule has 3 aliphatic rings. The maximum atomic E-state index is 13.7. The topological polar surface area (TPSA) is 73.0 Å². The number of hydrogen-bond acceptors (Lipinski definition) is 3. The number of imide groups is 1. The number of rotatable bonds is 3. The zero-order valence-electron chi connectivity index (χ0n) is 14.7. The smallest absolute Gasteiger partial charge is 0.324 e. The summed E-state index contributed by atoms with van der Waals surface area (Å²) in [5, 5.41) is 2.27. The number of amides is 5. The van der Waals surface area contributed by atoms with Gasteiger partial charge in [0.05, 0.1) is 0 Å². The van der Waals surface area contributed by atoms with Gasteiger partial charge in [-0.05, 0) is 37.8 Å². The van der Waals surface area contributed by atoms with Gasteiger partial charge in [-0.25, -0.2) is 18.4 Å². The van der Waals surface area contributed by atoms with E-state index in [1.807, 2.05) is 0 Å². The Bertz CT molecular complexity index is 771. The molecule has 3 fully saturated rings. The maximum Gasteiger partial charge on any atom is 0.327 e. The lowest BCUT2D eigenvalue weighted by Gasteiger charge is -2.36. The second-order valence-electron chi connectivity index (χ2n) is 7.15. The third-order valence-corrected chi connectivity index (χ3v) is 5.33. The predicted octanol–water partition coefficient (Wildman–Crippen LogP) is 2.39. The van der Waals surface area contributed by atoms with E-state index in [1.54, 1.807) is 4.90 Å². The number of para-hydroxylation sites is 1. The van der Waals surface area contributed by atoms with Crippen molar-refractivity contribution in [3.05, 3.63) is 29.8 Å². The highest BCUT2D eigenvalue weighted by Crippen LogP contribution is 2.32. The molecule has 0 unspecified atom stereocenters. The van der Waals surface area contributed by atoms with Crippen LogP contribution >= 0.6 is 0 Å². The van der Waals surface area contributed by atoms with Crippen LogP contribution in [0.5, 0.6) is 0 Å². The minimum absolute atomic E-state index is 0.0523. The van der Waals surface area contributed by atoms with Gasteiger partial charge in [0, 0.05) is 25.2 Å². The van der Waals surface area contributed by atoms with E-state index in [4.69, 9.17) is 0 Å². The van der Waals surface area contributed by atoms with Gasteiger partial charge in [-0.3, -0.25) is 9.69 Å². The Labute approximate surface area is 154 Å². The first-order valence-corrected chi connectivity index (χ1v) is 9.08. The van der Waals surface area contributed by atoms with E-state index in [0.717, 1.165) is 25.0 Å². The number of carbonyl (C=O) groups is 3. The number of piperidine rings is 1. The molecule has 0 spiro atoms. The van der Waals surface area contributed by atoms with Crippen molar-refractivity contribution in [3.63, 3.8) is 0 Å². The minimum atomic E-state index is -0.834. The zero-order valence-corrected chi connectivity index (χ0v) is 14.7. The van der Waals surface area contributed by atoms with Gasteiger partial charge in [0.2, 0.25) is 0 Å². The first-order valence-electron chi connectivity index (χ1n) is 9.08. The monoisotopic (exact) mass is 378 g/mol. The lowest BCUT2D eigenvalue weighted by molar-refractivity contribution is -0.125. The van der Waals surface area contributed by atoms with Gasteiger partial charge in [-0.2, -0.15) is 0 Å². The van der Waals surface area contributed by atoms with Crippen molar-refractivity contribution in [2.75, 3.05) is 25.0 Å². The van der Waals surface area contributed by atoms with Crippen LogP contribution in [-0.2, 0) is 4.79 Å². The molecule has 1 aromatic rings. The highest BCUT2D eigenvalue weighted by molar-refractivity contribution is 6.02. The molecule has 2 saturated heterocycles. The molecular formula is C18H20F2N4O3. The van der Waals surface area contributed by atoms with Gasteiger partial charge >= 0.3 is 12.1 Å². The largest absolute Gasteiger partial charge is 0.327 e. The fourth-order valence-electron chi connectivity index (χ4n) is 3.70. The van der Waals surface area contributed by atoms with E-state index in [-0.39, 0.29) is 30.6 Å². The van der Waals surface area contributed by atoms with Crippen LogP contribution in [0.25, 0.3) is 0 Å². The van der Waals surface area contributed by atoms with Gasteiger partial charge in [-0.1, -0.05) is 6.07 Å². The van der Waals surface area contributed by atoms with E-state index in [2.05, 4.69) is 5.32 Å². The Hall–Kier alpha value is -2.71. The molecule has 5 amide bonds. The number of halogens is 2. The molecular weight excluding hydrogens is 358 g/mol. The van der Waals surface area contributed by atoms with Crippen molar-refractivity contribution in [3.8, 4) is 0 Å². The van der Waals surface area contributed by atoms with Crippen LogP contribution < -0.4 is 5.32 Å². The first kappa shape index (κ1) is 17.7. The summed E-state index contributed by atoms with van der Waals surface area (Å²) in [6.45, 7) is 0.772. The van der Waals surface area contributed by atoms with E-state index < -0.39 is 23.4 Å². The summed E-state index contributed by atoms with van der Waals surface area (Å²) in [5.74, 6) is -1.82. The molecule has 7 nitrogen and oxygen atoms in total. The van der Waals surface area contributed by atoms with Gasteiger partial charge in [0.25, 0.3) is 5.91 Å². The van der Waals surface area contributed by atoms with Crippen molar-refractivity contribution in [1.29, 1.82) is 0 Å². The molecule has 144 valence electrons. The molecule has 0 atom stereocenters. The van der Waals surface area contributed by atoms with E-state index in [9.17, 15) is 23.2 Å². The maximum absolute atomic E-state index is 13.7. The Morgan fingerprint density at radius 2 is 1.63 bits per heavy atom. The van der Waals surface area contributed by atoms with E-state index in [0.29, 0.717) is 25.9 Å². The van der Waals surface area contributed by atoms with Crippen molar-refractivity contribution >= 4 is 23.7 Å². The summed E-state index contributed by atoms with van der Waals surface area (Å²) in [6.07, 6.45) is 2.78. The quantitative estimate of drug-likeness (QED) is 0.821. The SMILES string of the molecule is O=C(Nc1c(F)cccc1F)N1CCC(N2CC(=O)N(C3CC3)C2=O)CC1. The molecule has 4 rings (SSSR count). The number of carbonyl (C=O) groups excluding carboxylic acids is 3. The van der Waals surface area contributed by atoms with Crippen molar-refractivity contribution in [2.24, 2.45) is 0 Å². The van der Waals surface area contributed by atoms with Crippen molar-refractivity contribution in [1.82, 2.24) is 14.7 Å². The highest BCUT2D eigenvalue weighted by Gasteiger charge is 2.47. The summed E-state index contributed by atoms with van der Waals surface area (Å²) in [4.78, 5) is 41.3. The normalized spacial score (nSPS) is 21.2. The number of anilines is 1. The fourth-order valence-corrected chi connectivity index (χ4v) is 3.70. The summed E-state index contributed by atoms with van der Waals surface area (Å²) < 4.78 is 27.4. The fraction of sp³-hybridized carbons (Fsp3) is 0.500. The molecule has 1 aliphatic carbocycles. The minimum Gasteiger partial charge on any atom is -0.324 e. The third-order valence-electron chi connectivity index (χ3n) is 5.33. The Morgan fingerprint density at radius 3 is 2.22 bits per heavy atom. The van der Waals surface area contributed by atoms with Crippen LogP contribution in [0.3, 0.4) is 0 Å². The van der Waals surface area contributed by atoms with E-state index in [1.165, 1.54) is 15.9 Å². The lowest BCUT2D eigenvalue weighted by Crippen LogP contribution is -2.49. The van der Waals surface area contributed by atoms with Crippen LogP contribution in [-0.4, -0.2) is 64.4 Å². The van der Waals surface area contributed by atoms with Gasteiger partial charge in [0.15, 0.2) is 0 Å². The standard InChI is InChI=1S/C18H20F2N4O3/c19-13-2-1-3-14(20)16(13)21-17(26)22-8-6-11(7-9-22)23-10-15(25)24(18(23)27)12-4-5-12/h1-3,11-12H,4-10H2,(H,21,26). The van der Waals surface area contributed by atoms with Crippen LogP contribution in [0, 0.1) is 11.6 Å². The Morgan fingerprint density at radius 1 is 1.00 bits per heavy atom. The van der Waals surface area contributed by atoms with Gasteiger partial charge in [-0.15, -0.1) is 0 Å². The lowest BCUT2D eigenvalue weighted by atomic mass is 10.0. The molecule has 9 heteroatoms. The summed E-state index contributed by atoms with van der Waals surface area (Å²) in [7, 11) is 0. The van der Waals surface area contributed by atoms with Crippen LogP contribution in [0.4, 0.5) is 24.1 Å². The first-order chi connectivity index (χ1) is 13.0. The summed E-state index contributed by atoms with van der Waals surface area (Å²) in [6, 6.07) is 2.50. The summed E-state index contributed by atoms with van der Waals surface area (Å²) in [5.41, 5.74) is -0.468.